The fraction of sp³-hybridized carbons (Fsp3) is 1.00. The van der Waals surface area contributed by atoms with Gasteiger partial charge in [0.15, 0.2) is 0 Å². The molecular weight excluding hydrogens is 575 g/mol. The van der Waals surface area contributed by atoms with Gasteiger partial charge in [-0.15, -0.1) is 0 Å². The van der Waals surface area contributed by atoms with Crippen LogP contribution in [0.3, 0.4) is 0 Å². The molecule has 218 valence electrons. The Morgan fingerprint density at radius 1 is 0.472 bits per heavy atom. The van der Waals surface area contributed by atoms with Crippen molar-refractivity contribution in [1.29, 1.82) is 0 Å². The normalized spacial score (nSPS) is 11.4. The van der Waals surface area contributed by atoms with Crippen molar-refractivity contribution < 1.29 is 17.2 Å². The molecule has 0 saturated carbocycles. The summed E-state index contributed by atoms with van der Waals surface area (Å²) in [6.45, 7) is 6.95. The molecule has 0 aliphatic carbocycles. The molecular formula is C30H64O4SSn. The van der Waals surface area contributed by atoms with Gasteiger partial charge in [0.25, 0.3) is 0 Å². The first-order chi connectivity index (χ1) is 17.5. The Morgan fingerprint density at radius 2 is 0.750 bits per heavy atom. The molecule has 0 aromatic carbocycles. The quantitative estimate of drug-likeness (QED) is 0.0526. The Labute approximate surface area is 238 Å². The van der Waals surface area contributed by atoms with Crippen LogP contribution in [0.2, 0.25) is 8.87 Å². The van der Waals surface area contributed by atoms with Crippen molar-refractivity contribution in [3.8, 4) is 0 Å². The van der Waals surface area contributed by atoms with E-state index in [9.17, 15) is 8.42 Å². The SMILES string of the molecule is CCCCCCCCCCCCCCCCCCCCCCOS(=O)(=O)O.CCC[CH2][Sn][CH2]CCC. The summed E-state index contributed by atoms with van der Waals surface area (Å²) >= 11 is 0.149. The second-order valence-corrected chi connectivity index (χ2v) is 15.8. The molecule has 0 aromatic heterocycles. The first kappa shape index (κ1) is 38.8. The van der Waals surface area contributed by atoms with E-state index in [-0.39, 0.29) is 27.7 Å². The molecule has 0 aliphatic heterocycles. The molecule has 0 bridgehead atoms. The Balaban J connectivity index is 0. The van der Waals surface area contributed by atoms with E-state index in [1.807, 2.05) is 0 Å². The monoisotopic (exact) mass is 640 g/mol. The predicted molar refractivity (Wildman–Crippen MR) is 161 cm³/mol. The van der Waals surface area contributed by atoms with E-state index in [1.54, 1.807) is 8.87 Å². The third-order valence-corrected chi connectivity index (χ3v) is 11.1. The van der Waals surface area contributed by atoms with Crippen LogP contribution in [-0.4, -0.2) is 40.7 Å². The number of hydrogen-bond donors (Lipinski definition) is 1. The zero-order valence-electron chi connectivity index (χ0n) is 24.7. The molecule has 0 amide bonds. The number of hydrogen-bond acceptors (Lipinski definition) is 3. The summed E-state index contributed by atoms with van der Waals surface area (Å²) in [5.41, 5.74) is 0. The summed E-state index contributed by atoms with van der Waals surface area (Å²) < 4.78 is 36.7. The fourth-order valence-corrected chi connectivity index (χ4v) is 8.74. The first-order valence-corrected chi connectivity index (χ1v) is 21.2. The van der Waals surface area contributed by atoms with Crippen molar-refractivity contribution in [2.24, 2.45) is 0 Å². The van der Waals surface area contributed by atoms with Crippen molar-refractivity contribution in [2.45, 2.75) is 184 Å². The number of unbranched alkanes of at least 4 members (excludes halogenated alkanes) is 21. The predicted octanol–water partition coefficient (Wildman–Crippen LogP) is 10.8. The summed E-state index contributed by atoms with van der Waals surface area (Å²) in [7, 11) is -4.25. The Hall–Kier alpha value is 0.669. The molecule has 0 unspecified atom stereocenters. The van der Waals surface area contributed by atoms with Crippen LogP contribution < -0.4 is 0 Å². The fourth-order valence-electron chi connectivity index (χ4n) is 4.25. The van der Waals surface area contributed by atoms with Gasteiger partial charge in [-0.05, 0) is 6.42 Å². The average molecular weight is 640 g/mol. The third kappa shape index (κ3) is 41.8. The topological polar surface area (TPSA) is 63.6 Å². The van der Waals surface area contributed by atoms with E-state index in [1.165, 1.54) is 135 Å². The van der Waals surface area contributed by atoms with Crippen LogP contribution in [0.5, 0.6) is 0 Å². The van der Waals surface area contributed by atoms with E-state index in [4.69, 9.17) is 4.55 Å². The van der Waals surface area contributed by atoms with Crippen molar-refractivity contribution >= 4 is 31.5 Å². The van der Waals surface area contributed by atoms with Crippen LogP contribution in [0.4, 0.5) is 0 Å². The van der Waals surface area contributed by atoms with Gasteiger partial charge >= 0.3 is 79.9 Å². The van der Waals surface area contributed by atoms with Gasteiger partial charge in [-0.2, -0.15) is 8.42 Å². The van der Waals surface area contributed by atoms with Crippen LogP contribution >= 0.6 is 0 Å². The van der Waals surface area contributed by atoms with Gasteiger partial charge in [0.2, 0.25) is 0 Å². The van der Waals surface area contributed by atoms with E-state index >= 15 is 0 Å². The Kier molecular flexibility index (Phi) is 36.3. The van der Waals surface area contributed by atoms with E-state index in [0.29, 0.717) is 6.42 Å². The van der Waals surface area contributed by atoms with Gasteiger partial charge in [0.05, 0.1) is 6.61 Å². The van der Waals surface area contributed by atoms with E-state index in [2.05, 4.69) is 25.0 Å². The van der Waals surface area contributed by atoms with Gasteiger partial charge in [-0.1, -0.05) is 129 Å². The molecule has 0 saturated heterocycles. The number of rotatable bonds is 28. The maximum atomic E-state index is 10.4. The van der Waals surface area contributed by atoms with Gasteiger partial charge in [-0.3, -0.25) is 4.55 Å². The molecule has 36 heavy (non-hydrogen) atoms. The van der Waals surface area contributed by atoms with Crippen LogP contribution in [-0.2, 0) is 14.6 Å². The Bertz CT molecular complexity index is 479. The molecule has 2 radical (unpaired) electrons. The van der Waals surface area contributed by atoms with Crippen LogP contribution in [0, 0.1) is 0 Å². The summed E-state index contributed by atoms with van der Waals surface area (Å²) in [5, 5.41) is 0. The third-order valence-electron chi connectivity index (χ3n) is 6.64. The molecule has 1 N–H and O–H groups in total. The van der Waals surface area contributed by atoms with E-state index < -0.39 is 10.4 Å². The molecule has 0 fully saturated rings. The minimum absolute atomic E-state index is 0.0950. The molecule has 0 aromatic rings. The first-order valence-electron chi connectivity index (χ1n) is 15.8. The van der Waals surface area contributed by atoms with Crippen molar-refractivity contribution in [1.82, 2.24) is 0 Å². The maximum absolute atomic E-state index is 10.4. The summed E-state index contributed by atoms with van der Waals surface area (Å²) in [6.07, 6.45) is 32.2. The van der Waals surface area contributed by atoms with Crippen molar-refractivity contribution in [2.75, 3.05) is 6.61 Å². The second-order valence-electron chi connectivity index (χ2n) is 10.4. The van der Waals surface area contributed by atoms with Gasteiger partial charge < -0.3 is 0 Å². The zero-order chi connectivity index (χ0) is 27.0. The molecule has 0 atom stereocenters. The Morgan fingerprint density at radius 3 is 1.03 bits per heavy atom. The zero-order valence-corrected chi connectivity index (χ0v) is 28.3. The van der Waals surface area contributed by atoms with Gasteiger partial charge in [0.1, 0.15) is 0 Å². The summed E-state index contributed by atoms with van der Waals surface area (Å²) in [4.78, 5) is 0. The van der Waals surface area contributed by atoms with Crippen molar-refractivity contribution in [3.05, 3.63) is 0 Å². The van der Waals surface area contributed by atoms with Crippen LogP contribution in [0.15, 0.2) is 0 Å². The molecule has 4 nitrogen and oxygen atoms in total. The summed E-state index contributed by atoms with van der Waals surface area (Å²) in [5.74, 6) is 0. The van der Waals surface area contributed by atoms with Gasteiger partial charge in [0, 0.05) is 0 Å². The molecule has 0 heterocycles. The van der Waals surface area contributed by atoms with E-state index in [0.717, 1.165) is 12.8 Å². The van der Waals surface area contributed by atoms with Crippen LogP contribution in [0.25, 0.3) is 0 Å². The summed E-state index contributed by atoms with van der Waals surface area (Å²) in [6, 6.07) is 0. The van der Waals surface area contributed by atoms with Crippen LogP contribution in [0.1, 0.15) is 175 Å². The molecule has 0 rings (SSSR count). The minimum atomic E-state index is -4.25. The standard InChI is InChI=1S/C22H46O4S.2C4H9.Sn/c1-2-3-4-5-6-7-8-9-10-11-12-13-14-15-16-17-18-19-20-21-22-26-27(23,24)25;2*1-3-4-2;/h2-22H2,1H3,(H,23,24,25);2*1,3-4H2,2H3;. The average Bonchev–Trinajstić information content (AvgIpc) is 2.84. The van der Waals surface area contributed by atoms with Crippen molar-refractivity contribution in [3.63, 3.8) is 0 Å². The second kappa shape index (κ2) is 33.7. The van der Waals surface area contributed by atoms with Gasteiger partial charge in [-0.25, -0.2) is 4.18 Å². The molecule has 0 aliphatic rings. The molecule has 0 spiro atoms. The molecule has 6 heteroatoms.